The molecule has 5 aromatic rings. The molecule has 0 unspecified atom stereocenters. The van der Waals surface area contributed by atoms with Gasteiger partial charge in [0.05, 0.1) is 70.0 Å². The second kappa shape index (κ2) is 10.3. The molecule has 1 fully saturated rings. The lowest BCUT2D eigenvalue weighted by Crippen LogP contribution is -2.37. The number of fused-ring (bicyclic) bond motifs is 3. The minimum absolute atomic E-state index is 0.424. The number of halogens is 1. The second-order valence-electron chi connectivity index (χ2n) is 10.4. The van der Waals surface area contributed by atoms with Gasteiger partial charge in [-0.15, -0.1) is 4.99 Å². The van der Waals surface area contributed by atoms with E-state index < -0.39 is 5.41 Å². The lowest BCUT2D eigenvalue weighted by molar-refractivity contribution is 0.122. The van der Waals surface area contributed by atoms with Crippen molar-refractivity contribution in [1.82, 2.24) is 24.1 Å². The normalized spacial score (nSPS) is 14.4. The predicted molar refractivity (Wildman–Crippen MR) is 156 cm³/mol. The summed E-state index contributed by atoms with van der Waals surface area (Å²) in [4.78, 5) is 20.2. The molecule has 0 bridgehead atoms. The topological polar surface area (TPSA) is 121 Å². The SMILES string of the molecule is Cn1/c(=N/C#N)n(-c2ccc(C(C)(C)C#N)nc2)c2c3cc(-c4ccnc(N5CCOCC5)c4Cl)ccc3ncc21. The summed E-state index contributed by atoms with van der Waals surface area (Å²) >= 11 is 6.96. The molecule has 0 radical (unpaired) electrons. The molecule has 11 heteroatoms. The zero-order valence-corrected chi connectivity index (χ0v) is 23.6. The third-order valence-electron chi connectivity index (χ3n) is 7.47. The number of nitrogens with zero attached hydrogens (tertiary/aromatic N) is 9. The number of ether oxygens (including phenoxy) is 1. The Balaban J connectivity index is 1.59. The zero-order valence-electron chi connectivity index (χ0n) is 22.8. The van der Waals surface area contributed by atoms with Crippen LogP contribution in [0.15, 0.2) is 60.0 Å². The van der Waals surface area contributed by atoms with Gasteiger partial charge in [0, 0.05) is 37.3 Å². The lowest BCUT2D eigenvalue weighted by atomic mass is 9.91. The Hall–Kier alpha value is -4.77. The van der Waals surface area contributed by atoms with Crippen molar-refractivity contribution in [3.8, 4) is 29.1 Å². The highest BCUT2D eigenvalue weighted by Gasteiger charge is 2.23. The number of imidazole rings is 1. The summed E-state index contributed by atoms with van der Waals surface area (Å²) in [6.45, 7) is 6.38. The number of nitriles is 2. The van der Waals surface area contributed by atoms with Crippen LogP contribution in [0.3, 0.4) is 0 Å². The number of rotatable bonds is 4. The summed E-state index contributed by atoms with van der Waals surface area (Å²) in [5.41, 5.74) is 5.20. The maximum atomic E-state index is 9.56. The highest BCUT2D eigenvalue weighted by molar-refractivity contribution is 6.35. The molecule has 0 saturated carbocycles. The monoisotopic (exact) mass is 563 g/mol. The van der Waals surface area contributed by atoms with Crippen molar-refractivity contribution in [3.05, 3.63) is 71.3 Å². The number of pyridine rings is 3. The Labute approximate surface area is 241 Å². The number of hydrogen-bond donors (Lipinski definition) is 0. The van der Waals surface area contributed by atoms with Gasteiger partial charge in [-0.3, -0.25) is 14.5 Å². The molecule has 1 aliphatic rings. The van der Waals surface area contributed by atoms with E-state index >= 15 is 0 Å². The molecule has 1 saturated heterocycles. The summed E-state index contributed by atoms with van der Waals surface area (Å²) in [7, 11) is 1.85. The van der Waals surface area contributed by atoms with E-state index in [-0.39, 0.29) is 0 Å². The van der Waals surface area contributed by atoms with Gasteiger partial charge < -0.3 is 14.2 Å². The molecule has 0 aliphatic carbocycles. The number of benzene rings is 1. The van der Waals surface area contributed by atoms with E-state index in [0.29, 0.717) is 35.2 Å². The number of anilines is 1. The number of morpholine rings is 1. The van der Waals surface area contributed by atoms with Crippen molar-refractivity contribution in [2.45, 2.75) is 19.3 Å². The van der Waals surface area contributed by atoms with Gasteiger partial charge in [-0.1, -0.05) is 17.7 Å². The van der Waals surface area contributed by atoms with Gasteiger partial charge in [0.25, 0.3) is 0 Å². The standard InChI is InChI=1S/C30H26ClN9O/c1-30(2,17-32)25-7-5-20(15-36-25)40-27-22-14-19(4-6-23(22)35-16-24(27)38(3)29(40)37-18-33)21-8-9-34-28(26(21)31)39-10-12-41-13-11-39/h4-9,14-16H,10-13H2,1-3H3/b37-29-. The number of aryl methyl sites for hydroxylation is 1. The number of aromatic nitrogens is 5. The van der Waals surface area contributed by atoms with Crippen molar-refractivity contribution in [3.63, 3.8) is 0 Å². The lowest BCUT2D eigenvalue weighted by Gasteiger charge is -2.29. The van der Waals surface area contributed by atoms with Crippen molar-refractivity contribution < 1.29 is 4.74 Å². The van der Waals surface area contributed by atoms with Crippen LogP contribution in [0.1, 0.15) is 19.5 Å². The molecule has 41 heavy (non-hydrogen) atoms. The van der Waals surface area contributed by atoms with E-state index in [0.717, 1.165) is 52.0 Å². The molecule has 204 valence electrons. The first-order valence-electron chi connectivity index (χ1n) is 13.1. The van der Waals surface area contributed by atoms with Gasteiger partial charge in [0.2, 0.25) is 11.8 Å². The van der Waals surface area contributed by atoms with Gasteiger partial charge in [0.1, 0.15) is 5.82 Å². The predicted octanol–water partition coefficient (Wildman–Crippen LogP) is 4.65. The van der Waals surface area contributed by atoms with Gasteiger partial charge in [-0.05, 0) is 49.7 Å². The molecule has 0 atom stereocenters. The van der Waals surface area contributed by atoms with Crippen LogP contribution in [0.4, 0.5) is 5.82 Å². The molecular formula is C30H26ClN9O. The quantitative estimate of drug-likeness (QED) is 0.292. The van der Waals surface area contributed by atoms with E-state index in [2.05, 4.69) is 32.0 Å². The van der Waals surface area contributed by atoms with Crippen molar-refractivity contribution in [2.24, 2.45) is 12.0 Å². The molecule has 0 amide bonds. The van der Waals surface area contributed by atoms with Crippen molar-refractivity contribution in [2.75, 3.05) is 31.2 Å². The number of hydrogen-bond acceptors (Lipinski definition) is 8. The Morgan fingerprint density at radius 3 is 2.54 bits per heavy atom. The Morgan fingerprint density at radius 2 is 1.83 bits per heavy atom. The highest BCUT2D eigenvalue weighted by atomic mass is 35.5. The van der Waals surface area contributed by atoms with Gasteiger partial charge in [-0.2, -0.15) is 10.5 Å². The van der Waals surface area contributed by atoms with Gasteiger partial charge in [-0.25, -0.2) is 4.98 Å². The van der Waals surface area contributed by atoms with Crippen molar-refractivity contribution in [1.29, 1.82) is 10.5 Å². The third-order valence-corrected chi connectivity index (χ3v) is 7.85. The van der Waals surface area contributed by atoms with Crippen molar-refractivity contribution >= 4 is 39.4 Å². The molecule has 5 heterocycles. The van der Waals surface area contributed by atoms with E-state index in [1.807, 2.05) is 66.6 Å². The average Bonchev–Trinajstić information content (AvgIpc) is 3.29. The first-order valence-corrected chi connectivity index (χ1v) is 13.5. The van der Waals surface area contributed by atoms with Crippen LogP contribution in [0.25, 0.3) is 38.8 Å². The summed E-state index contributed by atoms with van der Waals surface area (Å²) in [6, 6.07) is 13.9. The molecule has 6 rings (SSSR count). The highest BCUT2D eigenvalue weighted by Crippen LogP contribution is 2.37. The maximum absolute atomic E-state index is 9.56. The molecule has 1 aromatic carbocycles. The molecule has 10 nitrogen and oxygen atoms in total. The fourth-order valence-corrected chi connectivity index (χ4v) is 5.53. The first kappa shape index (κ1) is 26.5. The second-order valence-corrected chi connectivity index (χ2v) is 10.7. The minimum Gasteiger partial charge on any atom is -0.378 e. The Morgan fingerprint density at radius 1 is 1.02 bits per heavy atom. The maximum Gasteiger partial charge on any atom is 0.226 e. The molecule has 1 aliphatic heterocycles. The first-order chi connectivity index (χ1) is 19.8. The molecule has 4 aromatic heterocycles. The third kappa shape index (κ3) is 4.48. The average molecular weight is 564 g/mol. The van der Waals surface area contributed by atoms with Crippen LogP contribution >= 0.6 is 11.6 Å². The summed E-state index contributed by atoms with van der Waals surface area (Å²) in [5.74, 6) is 0.736. The van der Waals surface area contributed by atoms with Crippen LogP contribution in [0.5, 0.6) is 0 Å². The van der Waals surface area contributed by atoms with Crippen LogP contribution in [0, 0.1) is 22.8 Å². The smallest absolute Gasteiger partial charge is 0.226 e. The zero-order chi connectivity index (χ0) is 28.7. The summed E-state index contributed by atoms with van der Waals surface area (Å²) in [6.07, 6.45) is 7.19. The molecule has 0 spiro atoms. The van der Waals surface area contributed by atoms with Crippen LogP contribution in [0.2, 0.25) is 5.02 Å². The van der Waals surface area contributed by atoms with Gasteiger partial charge in [0.15, 0.2) is 0 Å². The molecule has 0 N–H and O–H groups in total. The van der Waals surface area contributed by atoms with E-state index in [9.17, 15) is 10.5 Å². The van der Waals surface area contributed by atoms with E-state index in [1.165, 1.54) is 0 Å². The Bertz CT molecular complexity index is 1950. The summed E-state index contributed by atoms with van der Waals surface area (Å²) < 4.78 is 9.23. The summed E-state index contributed by atoms with van der Waals surface area (Å²) in [5, 5.41) is 20.6. The van der Waals surface area contributed by atoms with E-state index in [1.54, 1.807) is 18.6 Å². The Kier molecular flexibility index (Phi) is 6.66. The van der Waals surface area contributed by atoms with Crippen LogP contribution < -0.4 is 10.5 Å². The van der Waals surface area contributed by atoms with Crippen LogP contribution in [-0.4, -0.2) is 50.4 Å². The minimum atomic E-state index is -0.739. The van der Waals surface area contributed by atoms with Crippen LogP contribution in [-0.2, 0) is 17.2 Å². The van der Waals surface area contributed by atoms with E-state index in [4.69, 9.17) is 21.3 Å². The fourth-order valence-electron chi connectivity index (χ4n) is 5.18. The van der Waals surface area contributed by atoms with Gasteiger partial charge >= 0.3 is 0 Å². The fraction of sp³-hybridized carbons (Fsp3) is 0.267. The largest absolute Gasteiger partial charge is 0.378 e. The molecular weight excluding hydrogens is 538 g/mol.